The third-order valence-electron chi connectivity index (χ3n) is 1.91. The van der Waals surface area contributed by atoms with E-state index >= 15 is 0 Å². The Labute approximate surface area is 117 Å². The Morgan fingerprint density at radius 1 is 1.00 bits per heavy atom. The highest BCUT2D eigenvalue weighted by atomic mass is 35.6. The Bertz CT molecular complexity index is 192. The average molecular weight is 310 g/mol. The van der Waals surface area contributed by atoms with E-state index in [1.165, 1.54) is 0 Å². The number of rotatable bonds is 8. The molecule has 0 aliphatic carbocycles. The standard InChI is InChI=1S/C10H16Cl4O2/c11-7-5-3-1-2-4-6-9(15)16-8-10(12,13)14/h1-8H2. The lowest BCUT2D eigenvalue weighted by atomic mass is 10.1. The minimum Gasteiger partial charge on any atom is -0.461 e. The molecule has 0 aromatic heterocycles. The largest absolute Gasteiger partial charge is 0.461 e. The van der Waals surface area contributed by atoms with Gasteiger partial charge in [0.2, 0.25) is 3.79 Å². The molecule has 16 heavy (non-hydrogen) atoms. The first-order chi connectivity index (χ1) is 7.45. The number of esters is 1. The van der Waals surface area contributed by atoms with E-state index in [-0.39, 0.29) is 12.6 Å². The van der Waals surface area contributed by atoms with Gasteiger partial charge in [-0.25, -0.2) is 0 Å². The van der Waals surface area contributed by atoms with Gasteiger partial charge >= 0.3 is 5.97 Å². The van der Waals surface area contributed by atoms with Gasteiger partial charge in [0.05, 0.1) is 0 Å². The van der Waals surface area contributed by atoms with Crippen LogP contribution in [0.1, 0.15) is 38.5 Å². The number of hydrogen-bond donors (Lipinski definition) is 0. The number of ether oxygens (including phenoxy) is 1. The molecule has 0 aromatic rings. The van der Waals surface area contributed by atoms with Crippen molar-refractivity contribution in [2.45, 2.75) is 42.3 Å². The second kappa shape index (κ2) is 9.64. The van der Waals surface area contributed by atoms with Crippen LogP contribution >= 0.6 is 46.4 Å². The molecular weight excluding hydrogens is 294 g/mol. The highest BCUT2D eigenvalue weighted by Gasteiger charge is 2.21. The predicted molar refractivity (Wildman–Crippen MR) is 69.7 cm³/mol. The van der Waals surface area contributed by atoms with Crippen LogP contribution in [-0.2, 0) is 9.53 Å². The lowest BCUT2D eigenvalue weighted by Gasteiger charge is -2.10. The van der Waals surface area contributed by atoms with Crippen LogP contribution in [0.2, 0.25) is 0 Å². The van der Waals surface area contributed by atoms with Crippen LogP contribution in [0.15, 0.2) is 0 Å². The molecule has 0 unspecified atom stereocenters. The number of halogens is 4. The lowest BCUT2D eigenvalue weighted by molar-refractivity contribution is -0.143. The zero-order valence-corrected chi connectivity index (χ0v) is 12.0. The molecule has 0 N–H and O–H groups in total. The van der Waals surface area contributed by atoms with E-state index in [4.69, 9.17) is 51.1 Å². The Balaban J connectivity index is 3.31. The molecule has 0 rings (SSSR count). The summed E-state index contributed by atoms with van der Waals surface area (Å²) < 4.78 is 3.26. The van der Waals surface area contributed by atoms with Crippen molar-refractivity contribution in [2.75, 3.05) is 12.5 Å². The van der Waals surface area contributed by atoms with Crippen LogP contribution in [0, 0.1) is 0 Å². The molecule has 0 aliphatic heterocycles. The molecule has 0 aromatic carbocycles. The van der Waals surface area contributed by atoms with Gasteiger partial charge in [0.1, 0.15) is 6.61 Å². The summed E-state index contributed by atoms with van der Waals surface area (Å²) in [7, 11) is 0. The van der Waals surface area contributed by atoms with Gasteiger partial charge in [0.15, 0.2) is 0 Å². The van der Waals surface area contributed by atoms with Crippen LogP contribution in [0.4, 0.5) is 0 Å². The minimum absolute atomic E-state index is 0.192. The molecule has 0 saturated heterocycles. The molecule has 96 valence electrons. The normalized spacial score (nSPS) is 11.5. The summed E-state index contributed by atoms with van der Waals surface area (Å²) in [4.78, 5) is 11.2. The molecule has 0 fully saturated rings. The van der Waals surface area contributed by atoms with Crippen molar-refractivity contribution in [1.82, 2.24) is 0 Å². The SMILES string of the molecule is O=C(CCCCCCCCl)OCC(Cl)(Cl)Cl. The molecular formula is C10H16Cl4O2. The highest BCUT2D eigenvalue weighted by molar-refractivity contribution is 6.67. The van der Waals surface area contributed by atoms with E-state index in [1.807, 2.05) is 0 Å². The Morgan fingerprint density at radius 2 is 1.56 bits per heavy atom. The van der Waals surface area contributed by atoms with E-state index < -0.39 is 3.79 Å². The number of carbonyl (C=O) groups is 1. The van der Waals surface area contributed by atoms with Gasteiger partial charge in [-0.3, -0.25) is 4.79 Å². The second-order valence-corrected chi connectivity index (χ2v) is 6.38. The quantitative estimate of drug-likeness (QED) is 0.375. The molecule has 0 atom stereocenters. The summed E-state index contributed by atoms with van der Waals surface area (Å²) in [5.41, 5.74) is 0. The van der Waals surface area contributed by atoms with E-state index in [1.54, 1.807) is 0 Å². The van der Waals surface area contributed by atoms with Crippen LogP contribution in [0.25, 0.3) is 0 Å². The van der Waals surface area contributed by atoms with Gasteiger partial charge < -0.3 is 4.74 Å². The number of carbonyl (C=O) groups excluding carboxylic acids is 1. The van der Waals surface area contributed by atoms with Crippen LogP contribution in [0.3, 0.4) is 0 Å². The molecule has 0 saturated carbocycles. The van der Waals surface area contributed by atoms with Crippen molar-refractivity contribution in [2.24, 2.45) is 0 Å². The zero-order valence-electron chi connectivity index (χ0n) is 8.99. The summed E-state index contributed by atoms with van der Waals surface area (Å²) in [6.07, 6.45) is 5.40. The third kappa shape index (κ3) is 12.7. The van der Waals surface area contributed by atoms with E-state index in [0.717, 1.165) is 32.1 Å². The molecule has 0 bridgehead atoms. The maximum absolute atomic E-state index is 11.2. The summed E-state index contributed by atoms with van der Waals surface area (Å²) in [6.45, 7) is -0.192. The molecule has 0 heterocycles. The highest BCUT2D eigenvalue weighted by Crippen LogP contribution is 2.26. The monoisotopic (exact) mass is 308 g/mol. The molecule has 0 spiro atoms. The van der Waals surface area contributed by atoms with Crippen molar-refractivity contribution in [1.29, 1.82) is 0 Å². The van der Waals surface area contributed by atoms with Gasteiger partial charge in [-0.2, -0.15) is 0 Å². The molecule has 6 heteroatoms. The van der Waals surface area contributed by atoms with Crippen LogP contribution in [-0.4, -0.2) is 22.2 Å². The minimum atomic E-state index is -1.52. The summed E-state index contributed by atoms with van der Waals surface area (Å²) >= 11 is 21.8. The molecule has 0 aliphatic rings. The van der Waals surface area contributed by atoms with Crippen molar-refractivity contribution in [3.05, 3.63) is 0 Å². The van der Waals surface area contributed by atoms with Gasteiger partial charge in [0, 0.05) is 12.3 Å². The maximum atomic E-state index is 11.2. The number of unbranched alkanes of at least 4 members (excludes halogenated alkanes) is 4. The van der Waals surface area contributed by atoms with Gasteiger partial charge in [-0.15, -0.1) is 11.6 Å². The maximum Gasteiger partial charge on any atom is 0.305 e. The van der Waals surface area contributed by atoms with E-state index in [2.05, 4.69) is 0 Å². The van der Waals surface area contributed by atoms with Crippen molar-refractivity contribution >= 4 is 52.4 Å². The Kier molecular flexibility index (Phi) is 10.0. The summed E-state index contributed by atoms with van der Waals surface area (Å²) in [5, 5.41) is 0. The van der Waals surface area contributed by atoms with Gasteiger partial charge in [0.25, 0.3) is 0 Å². The summed E-state index contributed by atoms with van der Waals surface area (Å²) in [6, 6.07) is 0. The van der Waals surface area contributed by atoms with Crippen LogP contribution in [0.5, 0.6) is 0 Å². The zero-order chi connectivity index (χ0) is 12.4. The fourth-order valence-corrected chi connectivity index (χ4v) is 1.48. The van der Waals surface area contributed by atoms with Gasteiger partial charge in [-0.05, 0) is 12.8 Å². The Hall–Kier alpha value is 0.630. The smallest absolute Gasteiger partial charge is 0.305 e. The van der Waals surface area contributed by atoms with Crippen molar-refractivity contribution < 1.29 is 9.53 Å². The first-order valence-corrected chi connectivity index (χ1v) is 6.91. The number of hydrogen-bond acceptors (Lipinski definition) is 2. The third-order valence-corrected chi connectivity index (χ3v) is 2.51. The summed E-state index contributed by atoms with van der Waals surface area (Å²) in [5.74, 6) is 0.384. The average Bonchev–Trinajstić information content (AvgIpc) is 2.19. The van der Waals surface area contributed by atoms with Crippen molar-refractivity contribution in [3.63, 3.8) is 0 Å². The molecule has 0 amide bonds. The van der Waals surface area contributed by atoms with Gasteiger partial charge in [-0.1, -0.05) is 54.1 Å². The first-order valence-electron chi connectivity index (χ1n) is 5.24. The Morgan fingerprint density at radius 3 is 2.12 bits per heavy atom. The lowest BCUT2D eigenvalue weighted by Crippen LogP contribution is -2.17. The van der Waals surface area contributed by atoms with Crippen molar-refractivity contribution in [3.8, 4) is 0 Å². The molecule has 0 radical (unpaired) electrons. The first kappa shape index (κ1) is 16.6. The topological polar surface area (TPSA) is 26.3 Å². The number of alkyl halides is 4. The fourth-order valence-electron chi connectivity index (χ4n) is 1.13. The predicted octanol–water partition coefficient (Wildman–Crippen LogP) is 4.48. The van der Waals surface area contributed by atoms with E-state index in [9.17, 15) is 4.79 Å². The fraction of sp³-hybridized carbons (Fsp3) is 0.900. The second-order valence-electron chi connectivity index (χ2n) is 3.48. The van der Waals surface area contributed by atoms with Crippen LogP contribution < -0.4 is 0 Å². The van der Waals surface area contributed by atoms with E-state index in [0.29, 0.717) is 12.3 Å². The molecule has 2 nitrogen and oxygen atoms in total.